The largest absolute Gasteiger partial charge is 0.436 e. The van der Waals surface area contributed by atoms with Crippen molar-refractivity contribution < 1.29 is 19.1 Å². The van der Waals surface area contributed by atoms with Crippen LogP contribution in [-0.2, 0) is 22.5 Å². The van der Waals surface area contributed by atoms with Crippen LogP contribution in [0.15, 0.2) is 36.4 Å². The number of ether oxygens (including phenoxy) is 1. The van der Waals surface area contributed by atoms with Crippen molar-refractivity contribution >= 4 is 41.0 Å². The van der Waals surface area contributed by atoms with Crippen LogP contribution < -0.4 is 11.1 Å². The maximum Gasteiger partial charge on any atom is 0.410 e. The van der Waals surface area contributed by atoms with E-state index in [4.69, 9.17) is 22.1 Å². The minimum Gasteiger partial charge on any atom is -0.436 e. The Kier molecular flexibility index (Phi) is 9.70. The molecule has 3 fully saturated rings. The number of nitrogens with zero attached hydrogens (tertiary/aromatic N) is 4. The molecule has 4 aliphatic rings. The van der Waals surface area contributed by atoms with Gasteiger partial charge in [0.2, 0.25) is 0 Å². The maximum atomic E-state index is 13.9. The minimum absolute atomic E-state index is 0.0147. The minimum atomic E-state index is -0.967. The Morgan fingerprint density at radius 2 is 1.62 bits per heavy atom. The number of nitrogen functional groups attached to an aromatic ring is 1. The molecule has 2 aromatic carbocycles. The van der Waals surface area contributed by atoms with Gasteiger partial charge in [0, 0.05) is 56.9 Å². The molecule has 3 N–H and O–H groups in total. The molecule has 0 saturated carbocycles. The van der Waals surface area contributed by atoms with Gasteiger partial charge in [0.05, 0.1) is 10.7 Å². The molecule has 0 unspecified atom stereocenters. The van der Waals surface area contributed by atoms with Crippen LogP contribution in [0.4, 0.5) is 21.0 Å². The SMILES string of the molecule is Cc1cc(C[C@@H](OC(=O)N2CCC(N3Cc4ccccc4NC3=O)CC2)C(=O)N2CCC(N3CCCCC3)CC2)cc(Cl)c1N. The number of piperidine rings is 3. The van der Waals surface area contributed by atoms with Crippen molar-refractivity contribution in [3.8, 4) is 0 Å². The third-order valence-electron chi connectivity index (χ3n) is 10.0. The number of urea groups is 1. The highest BCUT2D eigenvalue weighted by atomic mass is 35.5. The van der Waals surface area contributed by atoms with Crippen LogP contribution in [0.25, 0.3) is 0 Å². The van der Waals surface area contributed by atoms with Gasteiger partial charge in [-0.15, -0.1) is 0 Å². The number of likely N-dealkylation sites (tertiary alicyclic amines) is 3. The molecule has 6 rings (SSSR count). The molecule has 0 aromatic heterocycles. The van der Waals surface area contributed by atoms with E-state index >= 15 is 0 Å². The highest BCUT2D eigenvalue weighted by molar-refractivity contribution is 6.33. The Hall–Kier alpha value is -3.50. The van der Waals surface area contributed by atoms with E-state index in [0.717, 1.165) is 48.3 Å². The molecule has 0 aliphatic carbocycles. The lowest BCUT2D eigenvalue weighted by Crippen LogP contribution is -2.53. The lowest BCUT2D eigenvalue weighted by Gasteiger charge is -2.41. The highest BCUT2D eigenvalue weighted by Crippen LogP contribution is 2.29. The molecule has 2 aromatic rings. The first-order chi connectivity index (χ1) is 21.8. The summed E-state index contributed by atoms with van der Waals surface area (Å²) in [5.74, 6) is -0.162. The summed E-state index contributed by atoms with van der Waals surface area (Å²) in [7, 11) is 0. The van der Waals surface area contributed by atoms with Gasteiger partial charge in [-0.2, -0.15) is 0 Å². The summed E-state index contributed by atoms with van der Waals surface area (Å²) in [5.41, 5.74) is 10.1. The number of carbonyl (C=O) groups excluding carboxylic acids is 3. The fourth-order valence-electron chi connectivity index (χ4n) is 7.35. The molecule has 0 bridgehead atoms. The van der Waals surface area contributed by atoms with Crippen LogP contribution in [0.1, 0.15) is 61.6 Å². The number of para-hydroxylation sites is 1. The van der Waals surface area contributed by atoms with E-state index in [1.165, 1.54) is 19.3 Å². The molecular weight excluding hydrogens is 592 g/mol. The Labute approximate surface area is 270 Å². The topological polar surface area (TPSA) is 111 Å². The summed E-state index contributed by atoms with van der Waals surface area (Å²) < 4.78 is 6.03. The van der Waals surface area contributed by atoms with Crippen molar-refractivity contribution in [2.45, 2.75) is 83.0 Å². The fourth-order valence-corrected chi connectivity index (χ4v) is 7.64. The number of nitrogens with two attached hydrogens (primary N) is 1. The third kappa shape index (κ3) is 7.17. The van der Waals surface area contributed by atoms with Gasteiger partial charge in [-0.1, -0.05) is 42.3 Å². The first-order valence-electron chi connectivity index (χ1n) is 16.4. The number of hydrogen-bond donors (Lipinski definition) is 2. The predicted octanol–water partition coefficient (Wildman–Crippen LogP) is 5.27. The predicted molar refractivity (Wildman–Crippen MR) is 175 cm³/mol. The molecule has 11 heteroatoms. The monoisotopic (exact) mass is 636 g/mol. The van der Waals surface area contributed by atoms with Crippen molar-refractivity contribution in [3.63, 3.8) is 0 Å². The lowest BCUT2D eigenvalue weighted by atomic mass is 9.98. The van der Waals surface area contributed by atoms with Gasteiger partial charge in [0.25, 0.3) is 5.91 Å². The first kappa shape index (κ1) is 31.5. The smallest absolute Gasteiger partial charge is 0.410 e. The van der Waals surface area contributed by atoms with Crippen LogP contribution in [0.3, 0.4) is 0 Å². The highest BCUT2D eigenvalue weighted by Gasteiger charge is 2.36. The molecule has 10 nitrogen and oxygen atoms in total. The molecule has 4 heterocycles. The number of amides is 4. The number of benzene rings is 2. The lowest BCUT2D eigenvalue weighted by molar-refractivity contribution is -0.142. The van der Waals surface area contributed by atoms with Crippen LogP contribution >= 0.6 is 11.6 Å². The van der Waals surface area contributed by atoms with Crippen LogP contribution in [0.2, 0.25) is 5.02 Å². The number of carbonyl (C=O) groups is 3. The van der Waals surface area contributed by atoms with E-state index in [0.29, 0.717) is 62.3 Å². The second kappa shape index (κ2) is 13.9. The molecule has 0 spiro atoms. The molecule has 0 radical (unpaired) electrons. The van der Waals surface area contributed by atoms with E-state index in [9.17, 15) is 14.4 Å². The zero-order valence-corrected chi connectivity index (χ0v) is 26.9. The molecule has 242 valence electrons. The zero-order chi connectivity index (χ0) is 31.5. The Morgan fingerprint density at radius 3 is 2.33 bits per heavy atom. The van der Waals surface area contributed by atoms with E-state index < -0.39 is 12.2 Å². The van der Waals surface area contributed by atoms with Gasteiger partial charge in [-0.25, -0.2) is 9.59 Å². The number of halogens is 1. The number of nitrogens with one attached hydrogen (secondary N) is 1. The second-order valence-corrected chi connectivity index (χ2v) is 13.4. The molecule has 3 saturated heterocycles. The number of aryl methyl sites for hydroxylation is 1. The molecule has 1 atom stereocenters. The molecule has 45 heavy (non-hydrogen) atoms. The van der Waals surface area contributed by atoms with Crippen molar-refractivity contribution in [1.29, 1.82) is 0 Å². The summed E-state index contributed by atoms with van der Waals surface area (Å²) in [6.45, 7) is 6.92. The molecule has 4 aliphatic heterocycles. The average Bonchev–Trinajstić information content (AvgIpc) is 3.06. The summed E-state index contributed by atoms with van der Waals surface area (Å²) in [6.07, 6.45) is 5.69. The summed E-state index contributed by atoms with van der Waals surface area (Å²) in [6, 6.07) is 11.9. The van der Waals surface area contributed by atoms with E-state index in [1.807, 2.05) is 47.1 Å². The van der Waals surface area contributed by atoms with Gasteiger partial charge in [0.15, 0.2) is 6.10 Å². The summed E-state index contributed by atoms with van der Waals surface area (Å²) in [4.78, 5) is 48.3. The third-order valence-corrected chi connectivity index (χ3v) is 10.4. The van der Waals surface area contributed by atoms with Crippen molar-refractivity contribution in [2.24, 2.45) is 0 Å². The molecular formula is C34H45ClN6O4. The van der Waals surface area contributed by atoms with Gasteiger partial charge < -0.3 is 35.4 Å². The van der Waals surface area contributed by atoms with E-state index in [1.54, 1.807) is 11.0 Å². The summed E-state index contributed by atoms with van der Waals surface area (Å²) >= 11 is 6.39. The second-order valence-electron chi connectivity index (χ2n) is 13.0. The Bertz CT molecular complexity index is 1380. The van der Waals surface area contributed by atoms with E-state index in [-0.39, 0.29) is 24.4 Å². The van der Waals surface area contributed by atoms with Gasteiger partial charge in [-0.3, -0.25) is 4.79 Å². The van der Waals surface area contributed by atoms with Crippen molar-refractivity contribution in [3.05, 3.63) is 58.1 Å². The first-order valence-corrected chi connectivity index (χ1v) is 16.8. The Balaban J connectivity index is 1.09. The number of rotatable bonds is 6. The van der Waals surface area contributed by atoms with Crippen molar-refractivity contribution in [1.82, 2.24) is 19.6 Å². The Morgan fingerprint density at radius 1 is 0.956 bits per heavy atom. The molecule has 4 amide bonds. The van der Waals surface area contributed by atoms with Crippen LogP contribution in [-0.4, -0.2) is 95.1 Å². The van der Waals surface area contributed by atoms with Gasteiger partial charge >= 0.3 is 12.1 Å². The number of anilines is 2. The quantitative estimate of drug-likeness (QED) is 0.418. The van der Waals surface area contributed by atoms with Gasteiger partial charge in [-0.05, 0) is 87.4 Å². The van der Waals surface area contributed by atoms with Crippen LogP contribution in [0, 0.1) is 6.92 Å². The van der Waals surface area contributed by atoms with Crippen molar-refractivity contribution in [2.75, 3.05) is 50.3 Å². The average molecular weight is 637 g/mol. The maximum absolute atomic E-state index is 13.9. The number of fused-ring (bicyclic) bond motifs is 1. The fraction of sp³-hybridized carbons (Fsp3) is 0.559. The van der Waals surface area contributed by atoms with E-state index in [2.05, 4.69) is 10.2 Å². The number of hydrogen-bond acceptors (Lipinski definition) is 6. The normalized spacial score (nSPS) is 20.8. The van der Waals surface area contributed by atoms with Gasteiger partial charge in [0.1, 0.15) is 0 Å². The zero-order valence-electron chi connectivity index (χ0n) is 26.2. The van der Waals surface area contributed by atoms with Crippen LogP contribution in [0.5, 0.6) is 0 Å². The standard InChI is InChI=1S/C34H45ClN6O4/c1-23-19-24(20-28(35)31(23)36)21-30(32(42)39-15-9-26(10-16-39)38-13-5-2-6-14-38)45-34(44)40-17-11-27(12-18-40)41-22-25-7-3-4-8-29(25)37-33(41)43/h3-4,7-8,19-20,26-27,30H,2,5-6,9-18,21-22,36H2,1H3,(H,37,43)/t30-/m1/s1. The summed E-state index contributed by atoms with van der Waals surface area (Å²) in [5, 5.41) is 3.41.